The molecule has 2 aromatic carbocycles. The third kappa shape index (κ3) is 6.58. The van der Waals surface area contributed by atoms with Gasteiger partial charge in [-0.2, -0.15) is 8.78 Å². The number of aromatic hydroxyl groups is 1. The van der Waals surface area contributed by atoms with Gasteiger partial charge in [-0.25, -0.2) is 4.99 Å². The molecule has 2 rings (SSSR count). The van der Waals surface area contributed by atoms with Gasteiger partial charge < -0.3 is 20.5 Å². The van der Waals surface area contributed by atoms with Crippen LogP contribution in [0.15, 0.2) is 53.5 Å². The fourth-order valence-corrected chi connectivity index (χ4v) is 2.39. The van der Waals surface area contributed by atoms with Gasteiger partial charge in [0.05, 0.1) is 6.54 Å². The molecule has 0 radical (unpaired) electrons. The standard InChI is InChI=1S/C19H23F2N3O2/c1-2-22-19(23-11-10-14-6-5-8-16(25)12-14)24-13-15-7-3-4-9-17(15)26-18(20)21/h3-9,12,18,25H,2,10-11,13H2,1H3,(H2,22,23,24). The fraction of sp³-hybridized carbons (Fsp3) is 0.316. The average Bonchev–Trinajstić information content (AvgIpc) is 2.60. The highest BCUT2D eigenvalue weighted by molar-refractivity contribution is 5.79. The van der Waals surface area contributed by atoms with E-state index in [9.17, 15) is 13.9 Å². The highest BCUT2D eigenvalue weighted by Crippen LogP contribution is 2.20. The summed E-state index contributed by atoms with van der Waals surface area (Å²) in [4.78, 5) is 4.42. The highest BCUT2D eigenvalue weighted by atomic mass is 19.3. The Balaban J connectivity index is 1.96. The maximum Gasteiger partial charge on any atom is 0.387 e. The predicted molar refractivity (Wildman–Crippen MR) is 97.7 cm³/mol. The lowest BCUT2D eigenvalue weighted by molar-refractivity contribution is -0.0504. The number of phenols is 1. The minimum absolute atomic E-state index is 0.127. The van der Waals surface area contributed by atoms with Crippen LogP contribution in [0, 0.1) is 0 Å². The largest absolute Gasteiger partial charge is 0.508 e. The molecular formula is C19H23F2N3O2. The monoisotopic (exact) mass is 363 g/mol. The number of nitrogens with one attached hydrogen (secondary N) is 2. The molecule has 0 saturated carbocycles. The van der Waals surface area contributed by atoms with Crippen LogP contribution in [0.5, 0.6) is 11.5 Å². The quantitative estimate of drug-likeness (QED) is 0.497. The van der Waals surface area contributed by atoms with Crippen molar-refractivity contribution in [3.8, 4) is 11.5 Å². The lowest BCUT2D eigenvalue weighted by Gasteiger charge is -2.13. The van der Waals surface area contributed by atoms with Crippen molar-refractivity contribution in [1.82, 2.24) is 10.6 Å². The van der Waals surface area contributed by atoms with Crippen molar-refractivity contribution in [1.29, 1.82) is 0 Å². The summed E-state index contributed by atoms with van der Waals surface area (Å²) in [6.45, 7) is 0.580. The van der Waals surface area contributed by atoms with E-state index in [0.29, 0.717) is 31.0 Å². The molecule has 0 aromatic heterocycles. The molecule has 0 amide bonds. The van der Waals surface area contributed by atoms with Gasteiger partial charge in [-0.3, -0.25) is 0 Å². The number of guanidine groups is 1. The van der Waals surface area contributed by atoms with Crippen LogP contribution in [-0.4, -0.2) is 30.8 Å². The average molecular weight is 363 g/mol. The Labute approximate surface area is 151 Å². The molecule has 7 heteroatoms. The number of para-hydroxylation sites is 1. The second-order valence-electron chi connectivity index (χ2n) is 5.53. The Hall–Kier alpha value is -2.83. The van der Waals surface area contributed by atoms with Gasteiger partial charge >= 0.3 is 6.61 Å². The van der Waals surface area contributed by atoms with Gasteiger partial charge in [0.15, 0.2) is 5.96 Å². The molecule has 0 saturated heterocycles. The SMILES string of the molecule is CCNC(=NCc1ccccc1OC(F)F)NCCc1cccc(O)c1. The third-order valence-electron chi connectivity index (χ3n) is 3.56. The summed E-state index contributed by atoms with van der Waals surface area (Å²) < 4.78 is 29.5. The van der Waals surface area contributed by atoms with Crippen molar-refractivity contribution in [3.05, 3.63) is 59.7 Å². The van der Waals surface area contributed by atoms with Crippen LogP contribution in [0.4, 0.5) is 8.78 Å². The normalized spacial score (nSPS) is 11.5. The summed E-state index contributed by atoms with van der Waals surface area (Å²) in [6, 6.07) is 13.7. The Kier molecular flexibility index (Phi) is 7.67. The summed E-state index contributed by atoms with van der Waals surface area (Å²) in [5.74, 6) is 0.945. The van der Waals surface area contributed by atoms with Crippen LogP contribution >= 0.6 is 0 Å². The molecule has 0 aliphatic rings. The molecule has 26 heavy (non-hydrogen) atoms. The summed E-state index contributed by atoms with van der Waals surface area (Å²) in [7, 11) is 0. The van der Waals surface area contributed by atoms with Crippen LogP contribution in [0.2, 0.25) is 0 Å². The molecule has 0 heterocycles. The number of hydrogen-bond acceptors (Lipinski definition) is 3. The molecule has 2 aromatic rings. The number of aliphatic imine (C=N–C) groups is 1. The first kappa shape index (κ1) is 19.5. The Bertz CT molecular complexity index is 723. The molecule has 0 unspecified atom stereocenters. The molecule has 0 aliphatic carbocycles. The molecule has 0 atom stereocenters. The zero-order valence-electron chi connectivity index (χ0n) is 14.6. The maximum atomic E-state index is 12.5. The first-order chi connectivity index (χ1) is 12.6. The minimum Gasteiger partial charge on any atom is -0.508 e. The van der Waals surface area contributed by atoms with E-state index in [-0.39, 0.29) is 18.0 Å². The maximum absolute atomic E-state index is 12.5. The highest BCUT2D eigenvalue weighted by Gasteiger charge is 2.09. The number of nitrogens with zero attached hydrogens (tertiary/aromatic N) is 1. The van der Waals surface area contributed by atoms with E-state index in [1.165, 1.54) is 6.07 Å². The second-order valence-corrected chi connectivity index (χ2v) is 5.53. The number of hydrogen-bond donors (Lipinski definition) is 3. The zero-order chi connectivity index (χ0) is 18.8. The van der Waals surface area contributed by atoms with E-state index in [4.69, 9.17) is 0 Å². The van der Waals surface area contributed by atoms with Gasteiger partial charge in [-0.15, -0.1) is 0 Å². The topological polar surface area (TPSA) is 65.9 Å². The van der Waals surface area contributed by atoms with Crippen LogP contribution in [0.1, 0.15) is 18.1 Å². The number of phenolic OH excluding ortho intramolecular Hbond substituents is 1. The van der Waals surface area contributed by atoms with Gasteiger partial charge in [-0.1, -0.05) is 30.3 Å². The second kappa shape index (κ2) is 10.2. The van der Waals surface area contributed by atoms with E-state index in [0.717, 1.165) is 5.56 Å². The van der Waals surface area contributed by atoms with Crippen LogP contribution in [0.25, 0.3) is 0 Å². The van der Waals surface area contributed by atoms with Crippen molar-refractivity contribution >= 4 is 5.96 Å². The van der Waals surface area contributed by atoms with Gasteiger partial charge in [0.2, 0.25) is 0 Å². The van der Waals surface area contributed by atoms with Crippen molar-refractivity contribution < 1.29 is 18.6 Å². The van der Waals surface area contributed by atoms with E-state index in [1.54, 1.807) is 36.4 Å². The zero-order valence-corrected chi connectivity index (χ0v) is 14.6. The minimum atomic E-state index is -2.87. The molecule has 0 bridgehead atoms. The van der Waals surface area contributed by atoms with Gasteiger partial charge in [0.25, 0.3) is 0 Å². The van der Waals surface area contributed by atoms with E-state index in [2.05, 4.69) is 20.4 Å². The summed E-state index contributed by atoms with van der Waals surface area (Å²) in [6.07, 6.45) is 0.712. The molecule has 0 aliphatic heterocycles. The number of benzene rings is 2. The number of alkyl halides is 2. The van der Waals surface area contributed by atoms with Crippen molar-refractivity contribution in [2.24, 2.45) is 4.99 Å². The summed E-state index contributed by atoms with van der Waals surface area (Å²) in [5, 5.41) is 15.8. The van der Waals surface area contributed by atoms with E-state index < -0.39 is 6.61 Å². The van der Waals surface area contributed by atoms with Gasteiger partial charge in [0.1, 0.15) is 11.5 Å². The number of rotatable bonds is 8. The molecule has 0 spiro atoms. The van der Waals surface area contributed by atoms with Crippen molar-refractivity contribution in [2.75, 3.05) is 13.1 Å². The van der Waals surface area contributed by atoms with E-state index in [1.807, 2.05) is 13.0 Å². The Morgan fingerprint density at radius 1 is 1.15 bits per heavy atom. The lowest BCUT2D eigenvalue weighted by Crippen LogP contribution is -2.38. The third-order valence-corrected chi connectivity index (χ3v) is 3.56. The lowest BCUT2D eigenvalue weighted by atomic mass is 10.1. The smallest absolute Gasteiger partial charge is 0.387 e. The van der Waals surface area contributed by atoms with Crippen molar-refractivity contribution in [3.63, 3.8) is 0 Å². The Morgan fingerprint density at radius 3 is 2.69 bits per heavy atom. The summed E-state index contributed by atoms with van der Waals surface area (Å²) in [5.41, 5.74) is 1.59. The molecule has 3 N–H and O–H groups in total. The molecular weight excluding hydrogens is 340 g/mol. The summed E-state index contributed by atoms with van der Waals surface area (Å²) >= 11 is 0. The fourth-order valence-electron chi connectivity index (χ4n) is 2.39. The predicted octanol–water partition coefficient (Wildman–Crippen LogP) is 3.29. The molecule has 5 nitrogen and oxygen atoms in total. The van der Waals surface area contributed by atoms with Gasteiger partial charge in [-0.05, 0) is 37.1 Å². The first-order valence-electron chi connectivity index (χ1n) is 8.41. The molecule has 0 fully saturated rings. The van der Waals surface area contributed by atoms with Crippen molar-refractivity contribution in [2.45, 2.75) is 26.5 Å². The first-order valence-corrected chi connectivity index (χ1v) is 8.41. The van der Waals surface area contributed by atoms with Crippen LogP contribution < -0.4 is 15.4 Å². The van der Waals surface area contributed by atoms with Crippen LogP contribution in [-0.2, 0) is 13.0 Å². The van der Waals surface area contributed by atoms with Crippen LogP contribution in [0.3, 0.4) is 0 Å². The number of ether oxygens (including phenoxy) is 1. The van der Waals surface area contributed by atoms with E-state index >= 15 is 0 Å². The van der Waals surface area contributed by atoms with Gasteiger partial charge in [0, 0.05) is 18.7 Å². The number of halogens is 2. The molecule has 140 valence electrons. The Morgan fingerprint density at radius 2 is 1.96 bits per heavy atom.